The highest BCUT2D eigenvalue weighted by Gasteiger charge is 2.21. The lowest BCUT2D eigenvalue weighted by molar-refractivity contribution is -0.119. The molecular formula is C22H24FN5O4S. The number of halogens is 1. The second-order valence-corrected chi connectivity index (χ2v) is 9.22. The molecule has 0 aliphatic heterocycles. The normalized spacial score (nSPS) is 12.4. The summed E-state index contributed by atoms with van der Waals surface area (Å²) in [6.45, 7) is 4.54. The van der Waals surface area contributed by atoms with E-state index in [1.54, 1.807) is 37.4 Å². The lowest BCUT2D eigenvalue weighted by Crippen LogP contribution is -2.35. The van der Waals surface area contributed by atoms with Crippen molar-refractivity contribution in [2.45, 2.75) is 38.1 Å². The van der Waals surface area contributed by atoms with E-state index in [0.717, 1.165) is 16.6 Å². The maximum absolute atomic E-state index is 13.5. The number of carbonyl (C=O) groups excluding carboxylic acids is 1. The molecule has 0 spiro atoms. The number of aromatic nitrogens is 3. The minimum absolute atomic E-state index is 0.0156. The van der Waals surface area contributed by atoms with Crippen molar-refractivity contribution in [3.05, 3.63) is 81.8 Å². The predicted molar refractivity (Wildman–Crippen MR) is 121 cm³/mol. The van der Waals surface area contributed by atoms with Crippen molar-refractivity contribution in [3.8, 4) is 0 Å². The number of rotatable bonds is 8. The van der Waals surface area contributed by atoms with Crippen LogP contribution in [0.15, 0.2) is 58.5 Å². The molecule has 0 saturated heterocycles. The molecule has 0 aliphatic carbocycles. The molecule has 11 heteroatoms. The first-order valence-corrected chi connectivity index (χ1v) is 11.6. The summed E-state index contributed by atoms with van der Waals surface area (Å²) >= 11 is 0. The summed E-state index contributed by atoms with van der Waals surface area (Å²) in [5.74, 6) is -1.36. The lowest BCUT2D eigenvalue weighted by Gasteiger charge is -2.16. The van der Waals surface area contributed by atoms with E-state index in [1.807, 2.05) is 6.07 Å². The van der Waals surface area contributed by atoms with Crippen LogP contribution in [0.3, 0.4) is 0 Å². The van der Waals surface area contributed by atoms with Gasteiger partial charge in [-0.05, 0) is 50.6 Å². The quantitative estimate of drug-likeness (QED) is 0.517. The second-order valence-electron chi connectivity index (χ2n) is 7.48. The Morgan fingerprint density at radius 3 is 2.67 bits per heavy atom. The van der Waals surface area contributed by atoms with E-state index >= 15 is 0 Å². The highest BCUT2D eigenvalue weighted by atomic mass is 32.2. The maximum Gasteiger partial charge on any atom is 0.273 e. The van der Waals surface area contributed by atoms with Crippen LogP contribution in [0.4, 0.5) is 10.1 Å². The molecule has 0 aliphatic rings. The van der Waals surface area contributed by atoms with Gasteiger partial charge in [-0.1, -0.05) is 12.1 Å². The Kier molecular flexibility index (Phi) is 7.34. The van der Waals surface area contributed by atoms with E-state index in [1.165, 1.54) is 19.9 Å². The molecule has 33 heavy (non-hydrogen) atoms. The molecule has 2 aromatic heterocycles. The van der Waals surface area contributed by atoms with E-state index in [9.17, 15) is 22.4 Å². The Morgan fingerprint density at radius 2 is 1.97 bits per heavy atom. The number of sulfonamides is 1. The zero-order chi connectivity index (χ0) is 24.2. The van der Waals surface area contributed by atoms with Gasteiger partial charge in [0.05, 0.1) is 16.7 Å². The zero-order valence-electron chi connectivity index (χ0n) is 18.4. The zero-order valence-corrected chi connectivity index (χ0v) is 19.2. The maximum atomic E-state index is 13.5. The van der Waals surface area contributed by atoms with E-state index in [0.29, 0.717) is 12.0 Å². The highest BCUT2D eigenvalue weighted by Crippen LogP contribution is 2.21. The number of carbonyl (C=O) groups is 1. The van der Waals surface area contributed by atoms with Crippen molar-refractivity contribution < 1.29 is 17.6 Å². The van der Waals surface area contributed by atoms with Gasteiger partial charge in [0.2, 0.25) is 15.9 Å². The van der Waals surface area contributed by atoms with Crippen molar-refractivity contribution in [1.29, 1.82) is 0 Å². The molecule has 1 atom stereocenters. The fourth-order valence-electron chi connectivity index (χ4n) is 3.07. The predicted octanol–water partition coefficient (Wildman–Crippen LogP) is 2.11. The molecule has 0 fully saturated rings. The number of nitrogens with one attached hydrogen (secondary N) is 2. The summed E-state index contributed by atoms with van der Waals surface area (Å²) in [7, 11) is -3.85. The van der Waals surface area contributed by atoms with Gasteiger partial charge in [0.1, 0.15) is 6.04 Å². The molecule has 2 heterocycles. The van der Waals surface area contributed by atoms with Crippen molar-refractivity contribution in [3.63, 3.8) is 0 Å². The summed E-state index contributed by atoms with van der Waals surface area (Å²) in [5, 5.41) is 6.28. The summed E-state index contributed by atoms with van der Waals surface area (Å²) in [5.41, 5.74) is 0.617. The number of anilines is 1. The number of amides is 1. The number of pyridine rings is 1. The summed E-state index contributed by atoms with van der Waals surface area (Å²) in [6.07, 6.45) is 2.93. The molecule has 1 aromatic carbocycles. The highest BCUT2D eigenvalue weighted by molar-refractivity contribution is 7.89. The standard InChI is InChI=1S/C22H24FN5O4S/c1-14-7-8-18(27-21(29)16(3)28-22(30)15(2)19(23)13-25-28)12-20(14)33(31,32)26-11-9-17-6-4-5-10-24-17/h4-8,10,12-13,16,26H,9,11H2,1-3H3,(H,27,29). The van der Waals surface area contributed by atoms with E-state index < -0.39 is 33.3 Å². The van der Waals surface area contributed by atoms with Crippen LogP contribution in [0.2, 0.25) is 0 Å². The van der Waals surface area contributed by atoms with Gasteiger partial charge in [0.15, 0.2) is 5.82 Å². The van der Waals surface area contributed by atoms with Gasteiger partial charge in [-0.3, -0.25) is 14.6 Å². The monoisotopic (exact) mass is 473 g/mol. The molecule has 0 saturated carbocycles. The van der Waals surface area contributed by atoms with Gasteiger partial charge >= 0.3 is 0 Å². The van der Waals surface area contributed by atoms with Gasteiger partial charge in [0.25, 0.3) is 5.56 Å². The third kappa shape index (κ3) is 5.68. The van der Waals surface area contributed by atoms with Gasteiger partial charge in [-0.25, -0.2) is 22.2 Å². The van der Waals surface area contributed by atoms with Crippen molar-refractivity contribution in [2.24, 2.45) is 0 Å². The van der Waals surface area contributed by atoms with Gasteiger partial charge in [0, 0.05) is 30.5 Å². The minimum Gasteiger partial charge on any atom is -0.324 e. The molecule has 3 aromatic rings. The first kappa shape index (κ1) is 24.2. The van der Waals surface area contributed by atoms with Crippen molar-refractivity contribution >= 4 is 21.6 Å². The van der Waals surface area contributed by atoms with Gasteiger partial charge in [-0.15, -0.1) is 0 Å². The molecule has 2 N–H and O–H groups in total. The van der Waals surface area contributed by atoms with Crippen LogP contribution in [0.5, 0.6) is 0 Å². The Hall–Kier alpha value is -3.44. The van der Waals surface area contributed by atoms with E-state index in [2.05, 4.69) is 20.1 Å². The Balaban J connectivity index is 1.74. The Labute approximate surface area is 190 Å². The van der Waals surface area contributed by atoms with Crippen LogP contribution in [-0.2, 0) is 21.2 Å². The first-order valence-electron chi connectivity index (χ1n) is 10.1. The Bertz CT molecular complexity index is 1330. The lowest BCUT2D eigenvalue weighted by atomic mass is 10.2. The van der Waals surface area contributed by atoms with Crippen molar-refractivity contribution in [1.82, 2.24) is 19.5 Å². The number of benzene rings is 1. The molecule has 3 rings (SSSR count). The van der Waals surface area contributed by atoms with Crippen LogP contribution in [0.1, 0.15) is 29.8 Å². The molecule has 0 radical (unpaired) electrons. The average Bonchev–Trinajstić information content (AvgIpc) is 2.79. The topological polar surface area (TPSA) is 123 Å². The fraction of sp³-hybridized carbons (Fsp3) is 0.273. The fourth-order valence-corrected chi connectivity index (χ4v) is 4.37. The molecular weight excluding hydrogens is 449 g/mol. The van der Waals surface area contributed by atoms with Gasteiger partial charge < -0.3 is 5.32 Å². The number of hydrogen-bond donors (Lipinski definition) is 2. The minimum atomic E-state index is -3.85. The van der Waals surface area contributed by atoms with E-state index in [-0.39, 0.29) is 22.7 Å². The average molecular weight is 474 g/mol. The molecule has 1 unspecified atom stereocenters. The van der Waals surface area contributed by atoms with E-state index in [4.69, 9.17) is 0 Å². The molecule has 9 nitrogen and oxygen atoms in total. The molecule has 1 amide bonds. The first-order chi connectivity index (χ1) is 15.6. The van der Waals surface area contributed by atoms with Crippen LogP contribution >= 0.6 is 0 Å². The Morgan fingerprint density at radius 1 is 1.21 bits per heavy atom. The summed E-state index contributed by atoms with van der Waals surface area (Å²) in [6, 6.07) is 8.83. The van der Waals surface area contributed by atoms with Crippen molar-refractivity contribution in [2.75, 3.05) is 11.9 Å². The van der Waals surface area contributed by atoms with Crippen LogP contribution in [-0.4, -0.2) is 35.6 Å². The molecule has 174 valence electrons. The summed E-state index contributed by atoms with van der Waals surface area (Å²) in [4.78, 5) is 29.0. The number of nitrogens with zero attached hydrogens (tertiary/aromatic N) is 3. The SMILES string of the molecule is Cc1ccc(NC(=O)C(C)n2ncc(F)c(C)c2=O)cc1S(=O)(=O)NCCc1ccccn1. The summed E-state index contributed by atoms with van der Waals surface area (Å²) < 4.78 is 42.6. The number of aryl methyl sites for hydroxylation is 1. The third-order valence-electron chi connectivity index (χ3n) is 5.07. The van der Waals surface area contributed by atoms with Crippen LogP contribution in [0, 0.1) is 19.7 Å². The van der Waals surface area contributed by atoms with Gasteiger partial charge in [-0.2, -0.15) is 5.10 Å². The second kappa shape index (κ2) is 10.0. The molecule has 0 bridgehead atoms. The number of hydrogen-bond acceptors (Lipinski definition) is 6. The smallest absolute Gasteiger partial charge is 0.273 e. The third-order valence-corrected chi connectivity index (χ3v) is 6.68. The largest absolute Gasteiger partial charge is 0.324 e. The van der Waals surface area contributed by atoms with Crippen LogP contribution in [0.25, 0.3) is 0 Å². The van der Waals surface area contributed by atoms with Crippen LogP contribution < -0.4 is 15.6 Å².